The van der Waals surface area contributed by atoms with E-state index in [1.807, 2.05) is 0 Å². The first-order valence-electron chi connectivity index (χ1n) is 3.62. The minimum Gasteiger partial charge on any atom is -0.206 e. The van der Waals surface area contributed by atoms with Gasteiger partial charge >= 0.3 is 0 Å². The van der Waals surface area contributed by atoms with E-state index in [1.54, 1.807) is 18.2 Å². The second-order valence-corrected chi connectivity index (χ2v) is 2.98. The summed E-state index contributed by atoms with van der Waals surface area (Å²) in [7, 11) is 0. The van der Waals surface area contributed by atoms with Gasteiger partial charge < -0.3 is 0 Å². The van der Waals surface area contributed by atoms with Crippen molar-refractivity contribution in [1.29, 1.82) is 0 Å². The fourth-order valence-electron chi connectivity index (χ4n) is 0.439. The SMILES string of the molecule is CCC.Fc1ccccc1Br. The molecule has 1 rings (SSSR count). The molecule has 11 heavy (non-hydrogen) atoms. The zero-order valence-electron chi connectivity index (χ0n) is 6.77. The number of rotatable bonds is 0. The van der Waals surface area contributed by atoms with Gasteiger partial charge in [0.1, 0.15) is 5.82 Å². The van der Waals surface area contributed by atoms with Crippen molar-refractivity contribution in [3.63, 3.8) is 0 Å². The van der Waals surface area contributed by atoms with E-state index in [9.17, 15) is 4.39 Å². The van der Waals surface area contributed by atoms with Crippen LogP contribution in [0, 0.1) is 5.82 Å². The molecule has 0 N–H and O–H groups in total. The molecule has 0 spiro atoms. The molecule has 0 amide bonds. The average Bonchev–Trinajstić information content (AvgIpc) is 1.97. The molecule has 1 aromatic rings. The number of benzene rings is 1. The highest BCUT2D eigenvalue weighted by Gasteiger charge is 1.90. The lowest BCUT2D eigenvalue weighted by Gasteiger charge is -1.87. The molecule has 0 heterocycles. The quantitative estimate of drug-likeness (QED) is 0.618. The Balaban J connectivity index is 0.000000292. The van der Waals surface area contributed by atoms with Crippen LogP contribution in [0.15, 0.2) is 28.7 Å². The van der Waals surface area contributed by atoms with Crippen LogP contribution in [-0.4, -0.2) is 0 Å². The van der Waals surface area contributed by atoms with Crippen molar-refractivity contribution in [2.75, 3.05) is 0 Å². The Hall–Kier alpha value is -0.370. The molecule has 0 nitrogen and oxygen atoms in total. The summed E-state index contributed by atoms with van der Waals surface area (Å²) < 4.78 is 12.8. The van der Waals surface area contributed by atoms with E-state index >= 15 is 0 Å². The van der Waals surface area contributed by atoms with E-state index in [0.29, 0.717) is 4.47 Å². The Bertz CT molecular complexity index is 178. The van der Waals surface area contributed by atoms with Crippen LogP contribution in [0.3, 0.4) is 0 Å². The standard InChI is InChI=1S/C6H4BrF.C3H8/c7-5-3-1-2-4-6(5)8;1-3-2/h1-4H;3H2,1-2H3. The van der Waals surface area contributed by atoms with Gasteiger partial charge in [-0.3, -0.25) is 0 Å². The molecule has 0 aromatic heterocycles. The monoisotopic (exact) mass is 218 g/mol. The summed E-state index contributed by atoms with van der Waals surface area (Å²) in [4.78, 5) is 0. The summed E-state index contributed by atoms with van der Waals surface area (Å²) in [5.74, 6) is -0.215. The lowest BCUT2D eigenvalue weighted by Crippen LogP contribution is -1.70. The molecule has 2 heteroatoms. The normalized spacial score (nSPS) is 8.36. The van der Waals surface area contributed by atoms with Crippen molar-refractivity contribution in [3.05, 3.63) is 34.6 Å². The van der Waals surface area contributed by atoms with Crippen LogP contribution < -0.4 is 0 Å². The summed E-state index contributed by atoms with van der Waals surface area (Å²) >= 11 is 3.02. The van der Waals surface area contributed by atoms with E-state index in [1.165, 1.54) is 12.5 Å². The maximum absolute atomic E-state index is 12.3. The fourth-order valence-corrected chi connectivity index (χ4v) is 0.724. The van der Waals surface area contributed by atoms with Crippen LogP contribution in [0.25, 0.3) is 0 Å². The molecule has 0 atom stereocenters. The highest BCUT2D eigenvalue weighted by atomic mass is 79.9. The number of hydrogen-bond acceptors (Lipinski definition) is 0. The Morgan fingerprint density at radius 3 is 2.00 bits per heavy atom. The molecular weight excluding hydrogens is 207 g/mol. The first kappa shape index (κ1) is 10.6. The van der Waals surface area contributed by atoms with E-state index in [0.717, 1.165) is 0 Å². The maximum atomic E-state index is 12.3. The molecule has 0 fully saturated rings. The van der Waals surface area contributed by atoms with E-state index in [-0.39, 0.29) is 5.82 Å². The van der Waals surface area contributed by atoms with Crippen LogP contribution in [0.4, 0.5) is 4.39 Å². The zero-order valence-corrected chi connectivity index (χ0v) is 8.36. The van der Waals surface area contributed by atoms with Crippen molar-refractivity contribution < 1.29 is 4.39 Å². The second kappa shape index (κ2) is 6.35. The predicted octanol–water partition coefficient (Wildman–Crippen LogP) is 4.00. The summed E-state index contributed by atoms with van der Waals surface area (Å²) in [6.07, 6.45) is 1.25. The van der Waals surface area contributed by atoms with Crippen molar-refractivity contribution in [2.45, 2.75) is 20.3 Å². The van der Waals surface area contributed by atoms with Crippen molar-refractivity contribution in [2.24, 2.45) is 0 Å². The molecule has 0 aliphatic heterocycles. The lowest BCUT2D eigenvalue weighted by atomic mass is 10.4. The van der Waals surface area contributed by atoms with E-state index in [4.69, 9.17) is 0 Å². The van der Waals surface area contributed by atoms with Crippen LogP contribution >= 0.6 is 15.9 Å². The lowest BCUT2D eigenvalue weighted by molar-refractivity contribution is 0.621. The summed E-state index contributed by atoms with van der Waals surface area (Å²) in [5, 5.41) is 0. The molecule has 0 saturated carbocycles. The van der Waals surface area contributed by atoms with Gasteiger partial charge in [-0.15, -0.1) is 0 Å². The van der Waals surface area contributed by atoms with Crippen molar-refractivity contribution in [3.8, 4) is 0 Å². The van der Waals surface area contributed by atoms with Gasteiger partial charge in [0.05, 0.1) is 4.47 Å². The molecule has 0 unspecified atom stereocenters. The maximum Gasteiger partial charge on any atom is 0.137 e. The predicted molar refractivity (Wildman–Crippen MR) is 50.1 cm³/mol. The smallest absolute Gasteiger partial charge is 0.137 e. The largest absolute Gasteiger partial charge is 0.206 e. The average molecular weight is 219 g/mol. The highest BCUT2D eigenvalue weighted by Crippen LogP contribution is 2.12. The second-order valence-electron chi connectivity index (χ2n) is 2.12. The number of halogens is 2. The van der Waals surface area contributed by atoms with Gasteiger partial charge in [0.25, 0.3) is 0 Å². The minimum atomic E-state index is -0.215. The fraction of sp³-hybridized carbons (Fsp3) is 0.333. The van der Waals surface area contributed by atoms with E-state index < -0.39 is 0 Å². The van der Waals surface area contributed by atoms with Crippen LogP contribution in [0.1, 0.15) is 20.3 Å². The van der Waals surface area contributed by atoms with Gasteiger partial charge in [-0.25, -0.2) is 4.39 Å². The number of hydrogen-bond donors (Lipinski definition) is 0. The molecule has 0 bridgehead atoms. The third-order valence-corrected chi connectivity index (χ3v) is 1.47. The summed E-state index contributed by atoms with van der Waals surface area (Å²) in [6.45, 7) is 4.25. The Kier molecular flexibility index (Phi) is 6.13. The highest BCUT2D eigenvalue weighted by molar-refractivity contribution is 9.10. The first-order chi connectivity index (χ1) is 5.22. The molecular formula is C9H12BrF. The molecule has 0 aliphatic carbocycles. The van der Waals surface area contributed by atoms with Gasteiger partial charge in [-0.1, -0.05) is 32.4 Å². The van der Waals surface area contributed by atoms with Crippen molar-refractivity contribution >= 4 is 15.9 Å². The van der Waals surface area contributed by atoms with Crippen LogP contribution in [0.5, 0.6) is 0 Å². The van der Waals surface area contributed by atoms with Crippen LogP contribution in [0.2, 0.25) is 0 Å². The zero-order chi connectivity index (χ0) is 8.69. The topological polar surface area (TPSA) is 0 Å². The van der Waals surface area contributed by atoms with Gasteiger partial charge in [0, 0.05) is 0 Å². The minimum absolute atomic E-state index is 0.215. The third kappa shape index (κ3) is 4.96. The summed E-state index contributed by atoms with van der Waals surface area (Å²) in [6, 6.07) is 6.49. The molecule has 0 radical (unpaired) electrons. The van der Waals surface area contributed by atoms with E-state index in [2.05, 4.69) is 29.8 Å². The third-order valence-electron chi connectivity index (χ3n) is 0.824. The van der Waals surface area contributed by atoms with Gasteiger partial charge in [0.2, 0.25) is 0 Å². The van der Waals surface area contributed by atoms with Crippen LogP contribution in [-0.2, 0) is 0 Å². The van der Waals surface area contributed by atoms with Gasteiger partial charge in [-0.2, -0.15) is 0 Å². The van der Waals surface area contributed by atoms with Gasteiger partial charge in [0.15, 0.2) is 0 Å². The molecule has 62 valence electrons. The molecule has 0 saturated heterocycles. The Labute approximate surface area is 75.6 Å². The summed E-state index contributed by atoms with van der Waals surface area (Å²) in [5.41, 5.74) is 0. The molecule has 1 aromatic carbocycles. The molecule has 0 aliphatic rings. The van der Waals surface area contributed by atoms with Gasteiger partial charge in [-0.05, 0) is 28.1 Å². The Morgan fingerprint density at radius 2 is 1.73 bits per heavy atom. The first-order valence-corrected chi connectivity index (χ1v) is 4.41. The Morgan fingerprint density at radius 1 is 1.27 bits per heavy atom. The van der Waals surface area contributed by atoms with Crippen molar-refractivity contribution in [1.82, 2.24) is 0 Å².